The first-order valence-electron chi connectivity index (χ1n) is 5.23. The van der Waals surface area contributed by atoms with E-state index in [4.69, 9.17) is 5.11 Å². The second-order valence-electron chi connectivity index (χ2n) is 3.70. The molecule has 1 aromatic rings. The largest absolute Gasteiger partial charge is 0.480 e. The Bertz CT molecular complexity index is 445. The number of carbonyl (C=O) groups is 2. The zero-order valence-corrected chi connectivity index (χ0v) is 9.74. The number of carboxylic acid groups (broad SMARTS) is 1. The number of hydrogen-bond donors (Lipinski definition) is 1. The van der Waals surface area contributed by atoms with E-state index in [2.05, 4.69) is 0 Å². The first-order valence-corrected chi connectivity index (χ1v) is 5.23. The van der Waals surface area contributed by atoms with E-state index in [1.807, 2.05) is 0 Å². The third-order valence-electron chi connectivity index (χ3n) is 2.35. The quantitative estimate of drug-likeness (QED) is 0.869. The summed E-state index contributed by atoms with van der Waals surface area (Å²) in [5.74, 6) is -2.35. The number of halogens is 1. The molecule has 1 rings (SSSR count). The summed E-state index contributed by atoms with van der Waals surface area (Å²) in [5, 5.41) is 8.65. The number of aryl methyl sites for hydroxylation is 1. The Kier molecular flexibility index (Phi) is 4.20. The van der Waals surface area contributed by atoms with Crippen LogP contribution in [-0.4, -0.2) is 35.0 Å². The summed E-state index contributed by atoms with van der Waals surface area (Å²) < 4.78 is 13.5. The van der Waals surface area contributed by atoms with Crippen molar-refractivity contribution in [3.05, 3.63) is 35.1 Å². The molecular weight excluding hydrogens is 225 g/mol. The van der Waals surface area contributed by atoms with Gasteiger partial charge in [0.15, 0.2) is 0 Å². The van der Waals surface area contributed by atoms with Crippen LogP contribution in [0.15, 0.2) is 18.2 Å². The summed E-state index contributed by atoms with van der Waals surface area (Å²) >= 11 is 0. The number of amides is 1. The van der Waals surface area contributed by atoms with Crippen molar-refractivity contribution in [3.8, 4) is 0 Å². The van der Waals surface area contributed by atoms with Crippen LogP contribution in [0.5, 0.6) is 0 Å². The number of benzene rings is 1. The van der Waals surface area contributed by atoms with Gasteiger partial charge < -0.3 is 10.0 Å². The van der Waals surface area contributed by atoms with Crippen molar-refractivity contribution < 1.29 is 19.1 Å². The first kappa shape index (κ1) is 13.2. The maximum atomic E-state index is 13.5. The monoisotopic (exact) mass is 239 g/mol. The predicted molar refractivity (Wildman–Crippen MR) is 60.4 cm³/mol. The van der Waals surface area contributed by atoms with Crippen LogP contribution in [0.3, 0.4) is 0 Å². The number of rotatable bonds is 4. The van der Waals surface area contributed by atoms with E-state index in [0.717, 1.165) is 10.5 Å². The van der Waals surface area contributed by atoms with Crippen molar-refractivity contribution in [1.82, 2.24) is 4.90 Å². The van der Waals surface area contributed by atoms with Gasteiger partial charge in [-0.1, -0.05) is 11.6 Å². The van der Waals surface area contributed by atoms with Gasteiger partial charge in [-0.15, -0.1) is 0 Å². The molecule has 0 aromatic heterocycles. The number of hydrogen-bond acceptors (Lipinski definition) is 2. The van der Waals surface area contributed by atoms with Gasteiger partial charge in [-0.25, -0.2) is 4.39 Å². The molecule has 0 saturated carbocycles. The predicted octanol–water partition coefficient (Wildman–Crippen LogP) is 1.68. The van der Waals surface area contributed by atoms with E-state index >= 15 is 0 Å². The molecule has 0 aliphatic rings. The van der Waals surface area contributed by atoms with Crippen molar-refractivity contribution in [1.29, 1.82) is 0 Å². The molecule has 0 atom stereocenters. The Morgan fingerprint density at radius 2 is 2.06 bits per heavy atom. The molecule has 0 radical (unpaired) electrons. The van der Waals surface area contributed by atoms with Gasteiger partial charge in [0, 0.05) is 6.54 Å². The normalized spacial score (nSPS) is 10.1. The highest BCUT2D eigenvalue weighted by molar-refractivity contribution is 5.96. The lowest BCUT2D eigenvalue weighted by Crippen LogP contribution is -2.35. The van der Waals surface area contributed by atoms with Crippen LogP contribution < -0.4 is 0 Å². The summed E-state index contributed by atoms with van der Waals surface area (Å²) in [6, 6.07) is 4.18. The fraction of sp³-hybridized carbons (Fsp3) is 0.333. The molecule has 4 nitrogen and oxygen atoms in total. The van der Waals surface area contributed by atoms with Crippen molar-refractivity contribution in [3.63, 3.8) is 0 Å². The molecule has 1 amide bonds. The molecule has 1 N–H and O–H groups in total. The number of nitrogens with zero attached hydrogens (tertiary/aromatic N) is 1. The van der Waals surface area contributed by atoms with Crippen LogP contribution in [0.4, 0.5) is 4.39 Å². The molecule has 5 heteroatoms. The standard InChI is InChI=1S/C12H14FNO3/c1-3-14(7-11(15)16)12(17)9-6-8(2)4-5-10(9)13/h4-6H,3,7H2,1-2H3,(H,15,16). The summed E-state index contributed by atoms with van der Waals surface area (Å²) in [6.07, 6.45) is 0. The lowest BCUT2D eigenvalue weighted by Gasteiger charge is -2.19. The van der Waals surface area contributed by atoms with Gasteiger partial charge in [0.1, 0.15) is 12.4 Å². The fourth-order valence-electron chi connectivity index (χ4n) is 1.46. The highest BCUT2D eigenvalue weighted by Crippen LogP contribution is 2.12. The van der Waals surface area contributed by atoms with Gasteiger partial charge in [-0.05, 0) is 26.0 Å². The minimum atomic E-state index is -1.12. The summed E-state index contributed by atoms with van der Waals surface area (Å²) in [4.78, 5) is 23.6. The molecule has 0 heterocycles. The SMILES string of the molecule is CCN(CC(=O)O)C(=O)c1cc(C)ccc1F. The van der Waals surface area contributed by atoms with E-state index in [0.29, 0.717) is 0 Å². The topological polar surface area (TPSA) is 57.6 Å². The summed E-state index contributed by atoms with van der Waals surface area (Å²) in [6.45, 7) is 3.18. The average molecular weight is 239 g/mol. The maximum Gasteiger partial charge on any atom is 0.323 e. The summed E-state index contributed by atoms with van der Waals surface area (Å²) in [5.41, 5.74) is 0.661. The number of carboxylic acids is 1. The van der Waals surface area contributed by atoms with Gasteiger partial charge >= 0.3 is 5.97 Å². The minimum Gasteiger partial charge on any atom is -0.480 e. The Morgan fingerprint density at radius 1 is 1.41 bits per heavy atom. The van der Waals surface area contributed by atoms with Crippen molar-refractivity contribution in [2.24, 2.45) is 0 Å². The molecule has 0 aliphatic heterocycles. The Balaban J connectivity index is 3.01. The molecule has 0 unspecified atom stereocenters. The zero-order chi connectivity index (χ0) is 13.0. The van der Waals surface area contributed by atoms with Gasteiger partial charge in [0.05, 0.1) is 5.56 Å². The minimum absolute atomic E-state index is 0.0897. The van der Waals surface area contributed by atoms with Crippen LogP contribution in [-0.2, 0) is 4.79 Å². The Hall–Kier alpha value is -1.91. The molecule has 92 valence electrons. The van der Waals surface area contributed by atoms with Crippen molar-refractivity contribution in [2.75, 3.05) is 13.1 Å². The van der Waals surface area contributed by atoms with Gasteiger partial charge in [-0.2, -0.15) is 0 Å². The highest BCUT2D eigenvalue weighted by atomic mass is 19.1. The van der Waals surface area contributed by atoms with Gasteiger partial charge in [0.25, 0.3) is 5.91 Å². The molecular formula is C12H14FNO3. The smallest absolute Gasteiger partial charge is 0.323 e. The zero-order valence-electron chi connectivity index (χ0n) is 9.74. The van der Waals surface area contributed by atoms with Gasteiger partial charge in [0.2, 0.25) is 0 Å². The Labute approximate surface area is 98.7 Å². The third-order valence-corrected chi connectivity index (χ3v) is 2.35. The van der Waals surface area contributed by atoms with E-state index in [1.165, 1.54) is 12.1 Å². The van der Waals surface area contributed by atoms with Crippen LogP contribution in [0.2, 0.25) is 0 Å². The molecule has 0 spiro atoms. The molecule has 0 saturated heterocycles. The van der Waals surface area contributed by atoms with E-state index in [-0.39, 0.29) is 12.1 Å². The van der Waals surface area contributed by atoms with Crippen LogP contribution in [0.1, 0.15) is 22.8 Å². The highest BCUT2D eigenvalue weighted by Gasteiger charge is 2.19. The summed E-state index contributed by atoms with van der Waals surface area (Å²) in [7, 11) is 0. The second-order valence-corrected chi connectivity index (χ2v) is 3.70. The number of carbonyl (C=O) groups excluding carboxylic acids is 1. The van der Waals surface area contributed by atoms with Crippen LogP contribution in [0, 0.1) is 12.7 Å². The van der Waals surface area contributed by atoms with Gasteiger partial charge in [-0.3, -0.25) is 9.59 Å². The van der Waals surface area contributed by atoms with Crippen LogP contribution in [0.25, 0.3) is 0 Å². The Morgan fingerprint density at radius 3 is 2.59 bits per heavy atom. The lowest BCUT2D eigenvalue weighted by molar-refractivity contribution is -0.137. The van der Waals surface area contributed by atoms with E-state index in [9.17, 15) is 14.0 Å². The van der Waals surface area contributed by atoms with E-state index < -0.39 is 24.2 Å². The molecule has 0 bridgehead atoms. The number of likely N-dealkylation sites (N-methyl/N-ethyl adjacent to an activating group) is 1. The first-order chi connectivity index (χ1) is 7.95. The van der Waals surface area contributed by atoms with Crippen molar-refractivity contribution in [2.45, 2.75) is 13.8 Å². The number of aliphatic carboxylic acids is 1. The fourth-order valence-corrected chi connectivity index (χ4v) is 1.46. The molecule has 0 aliphatic carbocycles. The van der Waals surface area contributed by atoms with E-state index in [1.54, 1.807) is 19.9 Å². The van der Waals surface area contributed by atoms with Crippen LogP contribution >= 0.6 is 0 Å². The molecule has 1 aromatic carbocycles. The third kappa shape index (κ3) is 3.27. The van der Waals surface area contributed by atoms with Crippen molar-refractivity contribution >= 4 is 11.9 Å². The second kappa shape index (κ2) is 5.43. The lowest BCUT2D eigenvalue weighted by atomic mass is 10.1. The maximum absolute atomic E-state index is 13.5. The average Bonchev–Trinajstić information content (AvgIpc) is 2.28. The molecule has 17 heavy (non-hydrogen) atoms. The molecule has 0 fully saturated rings.